The van der Waals surface area contributed by atoms with E-state index in [0.29, 0.717) is 17.3 Å². The van der Waals surface area contributed by atoms with E-state index < -0.39 is 17.1 Å². The first kappa shape index (κ1) is 18.9. The van der Waals surface area contributed by atoms with E-state index in [0.717, 1.165) is 0 Å². The number of nitrogens with two attached hydrogens (primary N) is 2. The highest BCUT2D eigenvalue weighted by Gasteiger charge is 2.38. The Kier molecular flexibility index (Phi) is 7.44. The average Bonchev–Trinajstić information content (AvgIpc) is 2.35. The van der Waals surface area contributed by atoms with Crippen LogP contribution in [0.4, 0.5) is 24.7 Å². The molecule has 21 heavy (non-hydrogen) atoms. The summed E-state index contributed by atoms with van der Waals surface area (Å²) in [5.74, 6) is -2.10. The molecule has 0 aliphatic rings. The van der Waals surface area contributed by atoms with E-state index in [9.17, 15) is 23.3 Å². The first-order chi connectivity index (χ1) is 9.59. The number of aliphatic carboxylic acids is 1. The van der Waals surface area contributed by atoms with Crippen molar-refractivity contribution in [1.82, 2.24) is 4.98 Å². The second kappa shape index (κ2) is 8.26. The number of nitrogen functional groups attached to an aromatic ring is 1. The molecule has 0 unspecified atom stereocenters. The molecule has 1 heterocycles. The van der Waals surface area contributed by atoms with Crippen LogP contribution in [0, 0.1) is 10.1 Å². The predicted molar refractivity (Wildman–Crippen MR) is 68.8 cm³/mol. The molecule has 0 radical (unpaired) electrons. The van der Waals surface area contributed by atoms with Crippen molar-refractivity contribution in [3.05, 3.63) is 22.2 Å². The summed E-state index contributed by atoms with van der Waals surface area (Å²) >= 11 is 1.42. The van der Waals surface area contributed by atoms with Crippen molar-refractivity contribution in [2.75, 3.05) is 18.0 Å². The van der Waals surface area contributed by atoms with Crippen LogP contribution in [0.15, 0.2) is 17.2 Å². The summed E-state index contributed by atoms with van der Waals surface area (Å²) in [7, 11) is 0. The maximum Gasteiger partial charge on any atom is 0.490 e. The summed E-state index contributed by atoms with van der Waals surface area (Å²) in [6, 6.07) is 2.91. The molecule has 118 valence electrons. The van der Waals surface area contributed by atoms with Crippen LogP contribution in [-0.4, -0.2) is 39.5 Å². The summed E-state index contributed by atoms with van der Waals surface area (Å²) < 4.78 is 31.7. The minimum Gasteiger partial charge on any atom is -0.475 e. The molecular formula is C9H11F3N4O4S. The molecule has 0 spiro atoms. The Labute approximate surface area is 120 Å². The van der Waals surface area contributed by atoms with Gasteiger partial charge in [0.1, 0.15) is 0 Å². The van der Waals surface area contributed by atoms with Gasteiger partial charge in [-0.15, -0.1) is 11.8 Å². The van der Waals surface area contributed by atoms with Gasteiger partial charge in [0.2, 0.25) is 5.82 Å². The molecule has 0 aromatic carbocycles. The van der Waals surface area contributed by atoms with Crippen molar-refractivity contribution >= 4 is 29.2 Å². The zero-order valence-electron chi connectivity index (χ0n) is 10.3. The molecule has 0 atom stereocenters. The zero-order chi connectivity index (χ0) is 16.6. The largest absolute Gasteiger partial charge is 0.490 e. The predicted octanol–water partition coefficient (Wildman–Crippen LogP) is 1.26. The third kappa shape index (κ3) is 7.31. The van der Waals surface area contributed by atoms with Crippen LogP contribution in [0.25, 0.3) is 0 Å². The smallest absolute Gasteiger partial charge is 0.475 e. The number of hydrogen-bond donors (Lipinski definition) is 3. The number of carboxylic acids is 1. The number of carboxylic acid groups (broad SMARTS) is 1. The fourth-order valence-electron chi connectivity index (χ4n) is 0.847. The number of nitrogens with zero attached hydrogens (tertiary/aromatic N) is 2. The van der Waals surface area contributed by atoms with E-state index in [1.807, 2.05) is 0 Å². The highest BCUT2D eigenvalue weighted by atomic mass is 32.2. The second-order valence-electron chi connectivity index (χ2n) is 3.25. The Morgan fingerprint density at radius 3 is 2.33 bits per heavy atom. The van der Waals surface area contributed by atoms with E-state index in [1.165, 1.54) is 17.8 Å². The first-order valence-electron chi connectivity index (χ1n) is 5.13. The Balaban J connectivity index is 0.000000486. The minimum atomic E-state index is -5.08. The fraction of sp³-hybridized carbons (Fsp3) is 0.333. The molecule has 12 heteroatoms. The second-order valence-corrected chi connectivity index (χ2v) is 4.37. The quantitative estimate of drug-likeness (QED) is 0.425. The number of pyridine rings is 1. The van der Waals surface area contributed by atoms with Crippen molar-refractivity contribution < 1.29 is 28.0 Å². The Hall–Kier alpha value is -2.08. The van der Waals surface area contributed by atoms with E-state index in [1.54, 1.807) is 6.07 Å². The standard InChI is InChI=1S/C7H10N4O2S.C2HF3O2/c8-3-4-14-6-2-1-5(11(12)13)7(9)10-6;3-2(4,5)1(6)7/h1-2H,3-4,8H2,(H2,9,10);(H,6,7). The van der Waals surface area contributed by atoms with Crippen LogP contribution < -0.4 is 11.5 Å². The van der Waals surface area contributed by atoms with Gasteiger partial charge in [-0.05, 0) is 6.07 Å². The molecule has 8 nitrogen and oxygen atoms in total. The molecule has 1 aromatic rings. The van der Waals surface area contributed by atoms with Gasteiger partial charge in [0, 0.05) is 18.4 Å². The normalized spacial score (nSPS) is 10.5. The number of alkyl halides is 3. The van der Waals surface area contributed by atoms with Gasteiger partial charge in [0.25, 0.3) is 0 Å². The summed E-state index contributed by atoms with van der Waals surface area (Å²) in [6.07, 6.45) is -5.08. The van der Waals surface area contributed by atoms with Gasteiger partial charge in [-0.25, -0.2) is 9.78 Å². The molecule has 0 amide bonds. The highest BCUT2D eigenvalue weighted by Crippen LogP contribution is 2.23. The van der Waals surface area contributed by atoms with Gasteiger partial charge in [-0.3, -0.25) is 10.1 Å². The van der Waals surface area contributed by atoms with Crippen LogP contribution in [0.5, 0.6) is 0 Å². The number of carbonyl (C=O) groups is 1. The number of hydrogen-bond acceptors (Lipinski definition) is 7. The molecule has 0 aliphatic heterocycles. The molecule has 1 rings (SSSR count). The lowest BCUT2D eigenvalue weighted by atomic mass is 10.4. The van der Waals surface area contributed by atoms with Crippen LogP contribution >= 0.6 is 11.8 Å². The first-order valence-corrected chi connectivity index (χ1v) is 6.12. The SMILES string of the molecule is NCCSc1ccc([N+](=O)[O-])c(N)n1.O=C(O)C(F)(F)F. The van der Waals surface area contributed by atoms with Gasteiger partial charge in [-0.2, -0.15) is 13.2 Å². The van der Waals surface area contributed by atoms with E-state index in [2.05, 4.69) is 4.98 Å². The van der Waals surface area contributed by atoms with E-state index in [-0.39, 0.29) is 11.5 Å². The van der Waals surface area contributed by atoms with Crippen LogP contribution in [0.3, 0.4) is 0 Å². The molecule has 1 aromatic heterocycles. The number of anilines is 1. The highest BCUT2D eigenvalue weighted by molar-refractivity contribution is 7.99. The monoisotopic (exact) mass is 328 g/mol. The van der Waals surface area contributed by atoms with Crippen LogP contribution in [0.2, 0.25) is 0 Å². The van der Waals surface area contributed by atoms with Crippen molar-refractivity contribution in [3.8, 4) is 0 Å². The molecule has 0 saturated carbocycles. The van der Waals surface area contributed by atoms with Crippen molar-refractivity contribution in [3.63, 3.8) is 0 Å². The lowest BCUT2D eigenvalue weighted by Gasteiger charge is -2.00. The van der Waals surface area contributed by atoms with Crippen molar-refractivity contribution in [2.24, 2.45) is 5.73 Å². The molecular weight excluding hydrogens is 317 g/mol. The van der Waals surface area contributed by atoms with Gasteiger partial charge in [0.05, 0.1) is 9.95 Å². The maximum atomic E-state index is 10.6. The summed E-state index contributed by atoms with van der Waals surface area (Å²) in [6.45, 7) is 0.531. The third-order valence-corrected chi connectivity index (χ3v) is 2.65. The molecule has 0 saturated heterocycles. The summed E-state index contributed by atoms with van der Waals surface area (Å²) in [5.41, 5.74) is 10.5. The molecule has 0 aliphatic carbocycles. The lowest BCUT2D eigenvalue weighted by Crippen LogP contribution is -2.21. The van der Waals surface area contributed by atoms with Gasteiger partial charge in [0.15, 0.2) is 0 Å². The number of rotatable bonds is 4. The van der Waals surface area contributed by atoms with Gasteiger partial charge in [-0.1, -0.05) is 0 Å². The Morgan fingerprint density at radius 2 is 2.00 bits per heavy atom. The molecule has 0 bridgehead atoms. The average molecular weight is 328 g/mol. The topological polar surface area (TPSA) is 145 Å². The van der Waals surface area contributed by atoms with E-state index >= 15 is 0 Å². The minimum absolute atomic E-state index is 0.0583. The summed E-state index contributed by atoms with van der Waals surface area (Å²) in [4.78, 5) is 22.6. The molecule has 0 fully saturated rings. The number of thioether (sulfide) groups is 1. The Morgan fingerprint density at radius 1 is 1.48 bits per heavy atom. The van der Waals surface area contributed by atoms with Crippen molar-refractivity contribution in [1.29, 1.82) is 0 Å². The summed E-state index contributed by atoms with van der Waals surface area (Å²) in [5, 5.41) is 18.2. The molecule has 5 N–H and O–H groups in total. The van der Waals surface area contributed by atoms with E-state index in [4.69, 9.17) is 21.4 Å². The zero-order valence-corrected chi connectivity index (χ0v) is 11.1. The van der Waals surface area contributed by atoms with Crippen molar-refractivity contribution in [2.45, 2.75) is 11.2 Å². The number of halogens is 3. The van der Waals surface area contributed by atoms with Crippen LogP contribution in [0.1, 0.15) is 0 Å². The Bertz CT molecular complexity index is 512. The van der Waals surface area contributed by atoms with Crippen LogP contribution in [-0.2, 0) is 4.79 Å². The lowest BCUT2D eigenvalue weighted by molar-refractivity contribution is -0.384. The third-order valence-electron chi connectivity index (χ3n) is 1.68. The van der Waals surface area contributed by atoms with Gasteiger partial charge >= 0.3 is 17.8 Å². The fourth-order valence-corrected chi connectivity index (χ4v) is 1.50. The number of nitro groups is 1. The van der Waals surface area contributed by atoms with Gasteiger partial charge < -0.3 is 16.6 Å². The number of aromatic nitrogens is 1. The maximum absolute atomic E-state index is 10.6.